The fourth-order valence-electron chi connectivity index (χ4n) is 6.40. The van der Waals surface area contributed by atoms with E-state index < -0.39 is 47.4 Å². The van der Waals surface area contributed by atoms with Crippen LogP contribution in [0.15, 0.2) is 60.7 Å². The molecule has 1 N–H and O–H groups in total. The first-order valence-corrected chi connectivity index (χ1v) is 18.6. The van der Waals surface area contributed by atoms with E-state index in [9.17, 15) is 19.2 Å². The Bertz CT molecular complexity index is 1810. The maximum Gasteiger partial charge on any atom is 0.528 e. The molecule has 2 saturated heterocycles. The Hall–Kier alpha value is -5.25. The van der Waals surface area contributed by atoms with Gasteiger partial charge in [0.1, 0.15) is 28.8 Å². The van der Waals surface area contributed by atoms with Crippen molar-refractivity contribution in [2.75, 3.05) is 58.9 Å². The molecule has 2 fully saturated rings. The van der Waals surface area contributed by atoms with Crippen molar-refractivity contribution in [3.05, 3.63) is 88.7 Å². The molecule has 1 amide bonds. The highest BCUT2D eigenvalue weighted by atomic mass is 19.1. The van der Waals surface area contributed by atoms with Gasteiger partial charge in [0.15, 0.2) is 25.2 Å². The summed E-state index contributed by atoms with van der Waals surface area (Å²) in [6.07, 6.45) is 1.93. The summed E-state index contributed by atoms with van der Waals surface area (Å²) in [5.74, 6) is -1.93. The van der Waals surface area contributed by atoms with Crippen LogP contribution in [0, 0.1) is 5.82 Å². The number of hydrogen-bond donors (Lipinski definition) is 1. The van der Waals surface area contributed by atoms with Crippen molar-refractivity contribution in [3.8, 4) is 11.5 Å². The molecule has 0 aliphatic carbocycles. The molecule has 2 heterocycles. The summed E-state index contributed by atoms with van der Waals surface area (Å²) in [4.78, 5) is 60.8. The fraction of sp³-hybridized carbons (Fsp3) is 0.463. The van der Waals surface area contributed by atoms with E-state index in [-0.39, 0.29) is 49.1 Å². The van der Waals surface area contributed by atoms with Crippen LogP contribution in [0.5, 0.6) is 11.5 Å². The van der Waals surface area contributed by atoms with E-state index >= 15 is 4.39 Å². The van der Waals surface area contributed by atoms with Crippen molar-refractivity contribution in [1.82, 2.24) is 10.4 Å². The number of anilines is 1. The smallest absolute Gasteiger partial charge is 0.468 e. The van der Waals surface area contributed by atoms with Crippen molar-refractivity contribution in [1.29, 1.82) is 0 Å². The number of halogens is 1. The summed E-state index contributed by atoms with van der Waals surface area (Å²) < 4.78 is 48.4. The van der Waals surface area contributed by atoms with E-state index in [1.165, 1.54) is 43.5 Å². The average molecular weight is 780 g/mol. The van der Waals surface area contributed by atoms with Crippen LogP contribution in [0.2, 0.25) is 0 Å². The van der Waals surface area contributed by atoms with E-state index in [2.05, 4.69) is 5.32 Å². The highest BCUT2D eigenvalue weighted by Gasteiger charge is 2.34. The number of nitrogens with one attached hydrogen (secondary N) is 1. The lowest BCUT2D eigenvalue weighted by Gasteiger charge is -2.30. The normalized spacial score (nSPS) is 17.6. The number of ether oxygens (including phenoxy) is 6. The quantitative estimate of drug-likeness (QED) is 0.111. The van der Waals surface area contributed by atoms with Crippen LogP contribution in [0.25, 0.3) is 0 Å². The molecule has 302 valence electrons. The molecular weight excluding hydrogens is 729 g/mol. The minimum atomic E-state index is -0.908. The van der Waals surface area contributed by atoms with E-state index in [0.717, 1.165) is 19.3 Å². The monoisotopic (exact) mass is 779 g/mol. The number of rotatable bonds is 14. The molecule has 5 rings (SSSR count). The lowest BCUT2D eigenvalue weighted by molar-refractivity contribution is -0.144. The Balaban J connectivity index is 1.33. The minimum Gasteiger partial charge on any atom is -0.468 e. The number of nitrogens with zero attached hydrogens (tertiary/aromatic N) is 2. The van der Waals surface area contributed by atoms with E-state index in [4.69, 9.17) is 33.3 Å². The van der Waals surface area contributed by atoms with Crippen LogP contribution in [0.3, 0.4) is 0 Å². The second-order valence-corrected chi connectivity index (χ2v) is 14.5. The van der Waals surface area contributed by atoms with Gasteiger partial charge in [-0.15, -0.1) is 5.06 Å². The zero-order valence-electron chi connectivity index (χ0n) is 32.5. The number of esters is 1. The summed E-state index contributed by atoms with van der Waals surface area (Å²) >= 11 is 0. The molecule has 2 aliphatic rings. The SMILES string of the molecule is COCOc1ccc(C(=O)N[C@@H]2CN(OC(=O)OC(C)(C)C)CCC[C@H]2OC(=O)c2ccc(C(=O)c3c(OCOC)ccc(N4CCCCC4)c3F)cc2)cc1. The third-order valence-electron chi connectivity index (χ3n) is 9.10. The highest BCUT2D eigenvalue weighted by Crippen LogP contribution is 2.33. The number of carbonyl (C=O) groups is 4. The van der Waals surface area contributed by atoms with Crippen molar-refractivity contribution < 1.29 is 56.8 Å². The number of ketones is 1. The Morgan fingerprint density at radius 2 is 1.43 bits per heavy atom. The first-order chi connectivity index (χ1) is 26.9. The summed E-state index contributed by atoms with van der Waals surface area (Å²) in [5, 5.41) is 4.31. The molecule has 3 aromatic rings. The molecule has 0 unspecified atom stereocenters. The second-order valence-electron chi connectivity index (χ2n) is 14.5. The van der Waals surface area contributed by atoms with Gasteiger partial charge in [-0.1, -0.05) is 12.1 Å². The van der Waals surface area contributed by atoms with Crippen LogP contribution >= 0.6 is 0 Å². The summed E-state index contributed by atoms with van der Waals surface area (Å²) in [7, 11) is 2.93. The molecule has 0 aromatic heterocycles. The van der Waals surface area contributed by atoms with Gasteiger partial charge >= 0.3 is 12.1 Å². The molecule has 0 spiro atoms. The maximum atomic E-state index is 16.1. The number of carbonyl (C=O) groups excluding carboxylic acids is 4. The number of hydroxylamine groups is 2. The van der Waals surface area contributed by atoms with E-state index in [1.54, 1.807) is 57.2 Å². The zero-order valence-corrected chi connectivity index (χ0v) is 32.5. The molecule has 0 bridgehead atoms. The number of methoxy groups -OCH3 is 2. The summed E-state index contributed by atoms with van der Waals surface area (Å²) in [6, 6.07) is 14.5. The molecule has 0 radical (unpaired) electrons. The molecule has 2 atom stereocenters. The van der Waals surface area contributed by atoms with Gasteiger partial charge in [0, 0.05) is 45.0 Å². The van der Waals surface area contributed by atoms with Gasteiger partial charge in [-0.05, 0) is 101 Å². The summed E-state index contributed by atoms with van der Waals surface area (Å²) in [5.41, 5.74) is -0.120. The molecule has 56 heavy (non-hydrogen) atoms. The molecule has 0 saturated carbocycles. The average Bonchev–Trinajstić information content (AvgIpc) is 3.36. The van der Waals surface area contributed by atoms with Crippen LogP contribution in [-0.4, -0.2) is 101 Å². The van der Waals surface area contributed by atoms with Crippen LogP contribution < -0.4 is 19.7 Å². The molecule has 3 aromatic carbocycles. The minimum absolute atomic E-state index is 0.0130. The van der Waals surface area contributed by atoms with Gasteiger partial charge in [0.25, 0.3) is 5.91 Å². The van der Waals surface area contributed by atoms with Gasteiger partial charge in [-0.3, -0.25) is 9.59 Å². The van der Waals surface area contributed by atoms with E-state index in [0.29, 0.717) is 42.9 Å². The fourth-order valence-corrected chi connectivity index (χ4v) is 6.40. The van der Waals surface area contributed by atoms with Gasteiger partial charge in [-0.2, -0.15) is 0 Å². The van der Waals surface area contributed by atoms with Gasteiger partial charge in [-0.25, -0.2) is 14.0 Å². The van der Waals surface area contributed by atoms with Gasteiger partial charge in [0.2, 0.25) is 0 Å². The van der Waals surface area contributed by atoms with Crippen molar-refractivity contribution >= 4 is 29.5 Å². The Morgan fingerprint density at radius 1 is 0.786 bits per heavy atom. The Morgan fingerprint density at radius 3 is 2.09 bits per heavy atom. The maximum absolute atomic E-state index is 16.1. The summed E-state index contributed by atoms with van der Waals surface area (Å²) in [6.45, 7) is 6.63. The third-order valence-corrected chi connectivity index (χ3v) is 9.10. The van der Waals surface area contributed by atoms with Gasteiger partial charge in [0.05, 0.1) is 23.8 Å². The third kappa shape index (κ3) is 11.4. The van der Waals surface area contributed by atoms with Crippen LogP contribution in [0.4, 0.5) is 14.9 Å². The zero-order chi connectivity index (χ0) is 40.2. The Kier molecular flexibility index (Phi) is 14.6. The molecule has 14 nitrogen and oxygen atoms in total. The highest BCUT2D eigenvalue weighted by molar-refractivity contribution is 6.11. The van der Waals surface area contributed by atoms with E-state index in [1.807, 2.05) is 4.90 Å². The van der Waals surface area contributed by atoms with Crippen LogP contribution in [-0.2, 0) is 23.8 Å². The lowest BCUT2D eigenvalue weighted by Crippen LogP contribution is -2.50. The number of amides is 1. The molecular formula is C41H50FN3O11. The van der Waals surface area contributed by atoms with Crippen molar-refractivity contribution in [3.63, 3.8) is 0 Å². The largest absolute Gasteiger partial charge is 0.528 e. The first kappa shape index (κ1) is 41.9. The first-order valence-electron chi connectivity index (χ1n) is 18.6. The van der Waals surface area contributed by atoms with Gasteiger partial charge < -0.3 is 43.5 Å². The standard InChI is InChI=1S/C41H50FN3O11/c1-41(2,3)55-40(49)56-45-23-9-10-33(31(24-45)43-38(47)28-15-17-30(18-16-28)52-25-50-4)54-39(48)29-13-11-27(12-14-29)37(46)35-34(53-26-51-5)20-19-32(36(35)42)44-21-7-6-8-22-44/h11-20,31,33H,6-10,21-26H2,1-5H3,(H,43,47)/t31-,33-/m1/s1. The van der Waals surface area contributed by atoms with Crippen LogP contribution in [0.1, 0.15) is 89.5 Å². The topological polar surface area (TPSA) is 151 Å². The molecule has 15 heteroatoms. The second kappa shape index (κ2) is 19.6. The lowest BCUT2D eigenvalue weighted by atomic mass is 9.99. The number of hydrogen-bond acceptors (Lipinski definition) is 13. The van der Waals surface area contributed by atoms with Crippen molar-refractivity contribution in [2.45, 2.75) is 70.6 Å². The Labute approximate surface area is 326 Å². The number of piperidine rings is 1. The predicted octanol–water partition coefficient (Wildman–Crippen LogP) is 6.30. The predicted molar refractivity (Wildman–Crippen MR) is 202 cm³/mol. The molecule has 2 aliphatic heterocycles. The van der Waals surface area contributed by atoms with Crippen molar-refractivity contribution in [2.24, 2.45) is 0 Å². The number of benzene rings is 3.